The van der Waals surface area contributed by atoms with Crippen LogP contribution in [0.4, 0.5) is 5.69 Å². The van der Waals surface area contributed by atoms with E-state index < -0.39 is 22.8 Å². The van der Waals surface area contributed by atoms with Crippen molar-refractivity contribution in [1.82, 2.24) is 4.98 Å². The number of hydrogen-bond acceptors (Lipinski definition) is 4. The second-order valence-electron chi connectivity index (χ2n) is 3.84. The summed E-state index contributed by atoms with van der Waals surface area (Å²) in [6, 6.07) is 3.80. The van der Waals surface area contributed by atoms with Gasteiger partial charge in [0.25, 0.3) is 5.69 Å². The van der Waals surface area contributed by atoms with Crippen molar-refractivity contribution >= 4 is 28.5 Å². The van der Waals surface area contributed by atoms with Gasteiger partial charge in [0.2, 0.25) is 0 Å². The molecule has 3 N–H and O–H groups in total. The number of nitrogens with one attached hydrogen (secondary N) is 1. The van der Waals surface area contributed by atoms with Gasteiger partial charge in [-0.1, -0.05) is 0 Å². The van der Waals surface area contributed by atoms with E-state index in [1.165, 1.54) is 18.3 Å². The molecule has 8 heteroatoms. The number of aliphatic carboxylic acids is 2. The van der Waals surface area contributed by atoms with Gasteiger partial charge in [0.05, 0.1) is 4.92 Å². The lowest BCUT2D eigenvalue weighted by molar-refractivity contribution is -0.384. The average molecular weight is 264 g/mol. The Morgan fingerprint density at radius 1 is 1.26 bits per heavy atom. The lowest BCUT2D eigenvalue weighted by atomic mass is 9.98. The molecule has 2 aromatic rings. The van der Waals surface area contributed by atoms with Crippen LogP contribution in [0, 0.1) is 10.1 Å². The Morgan fingerprint density at radius 3 is 2.42 bits per heavy atom. The number of nitrogens with zero attached hydrogens (tertiary/aromatic N) is 1. The average Bonchev–Trinajstić information content (AvgIpc) is 2.71. The van der Waals surface area contributed by atoms with E-state index in [-0.39, 0.29) is 16.6 Å². The Hall–Kier alpha value is -2.90. The van der Waals surface area contributed by atoms with Crippen molar-refractivity contribution < 1.29 is 24.7 Å². The third-order valence-corrected chi connectivity index (χ3v) is 2.71. The zero-order chi connectivity index (χ0) is 14.2. The lowest BCUT2D eigenvalue weighted by Gasteiger charge is -2.05. The highest BCUT2D eigenvalue weighted by Gasteiger charge is 2.30. The molecule has 98 valence electrons. The molecule has 8 nitrogen and oxygen atoms in total. The Bertz CT molecular complexity index is 676. The maximum Gasteiger partial charge on any atom is 0.322 e. The molecule has 19 heavy (non-hydrogen) atoms. The first-order valence-electron chi connectivity index (χ1n) is 5.13. The molecule has 0 saturated heterocycles. The van der Waals surface area contributed by atoms with E-state index in [0.717, 1.165) is 6.07 Å². The summed E-state index contributed by atoms with van der Waals surface area (Å²) < 4.78 is 0. The van der Waals surface area contributed by atoms with Crippen molar-refractivity contribution in [3.63, 3.8) is 0 Å². The lowest BCUT2D eigenvalue weighted by Crippen LogP contribution is -2.20. The predicted molar refractivity (Wildman–Crippen MR) is 63.0 cm³/mol. The number of non-ortho nitro benzene ring substituents is 1. The molecule has 0 saturated carbocycles. The number of aromatic nitrogens is 1. The first-order valence-corrected chi connectivity index (χ1v) is 5.13. The first kappa shape index (κ1) is 12.6. The van der Waals surface area contributed by atoms with Gasteiger partial charge in [-0.15, -0.1) is 0 Å². The minimum atomic E-state index is -1.77. The quantitative estimate of drug-likeness (QED) is 0.433. The van der Waals surface area contributed by atoms with Crippen LogP contribution in [0.1, 0.15) is 11.5 Å². The van der Waals surface area contributed by atoms with E-state index in [9.17, 15) is 19.7 Å². The number of carboxylic acid groups (broad SMARTS) is 2. The number of aromatic amines is 1. The molecule has 0 bridgehead atoms. The van der Waals surface area contributed by atoms with Crippen LogP contribution < -0.4 is 0 Å². The number of fused-ring (bicyclic) bond motifs is 1. The fraction of sp³-hybridized carbons (Fsp3) is 0.0909. The second kappa shape index (κ2) is 4.41. The van der Waals surface area contributed by atoms with Gasteiger partial charge >= 0.3 is 11.9 Å². The Kier molecular flexibility index (Phi) is 2.91. The highest BCUT2D eigenvalue weighted by Crippen LogP contribution is 2.29. The topological polar surface area (TPSA) is 134 Å². The number of carbonyl (C=O) groups is 2. The number of benzene rings is 1. The fourth-order valence-corrected chi connectivity index (χ4v) is 1.85. The SMILES string of the molecule is O=C(O)C(C(=O)O)c1c[nH]c2ccc([N+](=O)[O-])cc12. The van der Waals surface area contributed by atoms with Gasteiger partial charge in [-0.2, -0.15) is 0 Å². The van der Waals surface area contributed by atoms with Crippen LogP contribution in [0.3, 0.4) is 0 Å². The van der Waals surface area contributed by atoms with E-state index in [1.807, 2.05) is 0 Å². The van der Waals surface area contributed by atoms with Crippen molar-refractivity contribution in [3.8, 4) is 0 Å². The molecule has 0 aliphatic rings. The molecule has 0 amide bonds. The Labute approximate surface area is 105 Å². The highest BCUT2D eigenvalue weighted by atomic mass is 16.6. The van der Waals surface area contributed by atoms with Crippen molar-refractivity contribution in [2.45, 2.75) is 5.92 Å². The number of carboxylic acids is 2. The van der Waals surface area contributed by atoms with Crippen LogP contribution in [0.2, 0.25) is 0 Å². The molecule has 1 aromatic carbocycles. The summed E-state index contributed by atoms with van der Waals surface area (Å²) in [4.78, 5) is 34.7. The zero-order valence-electron chi connectivity index (χ0n) is 9.36. The minimum absolute atomic E-state index is 0.0151. The van der Waals surface area contributed by atoms with Gasteiger partial charge in [0.1, 0.15) is 0 Å². The number of nitro benzene ring substituents is 1. The van der Waals surface area contributed by atoms with Gasteiger partial charge in [0, 0.05) is 34.8 Å². The number of hydrogen-bond donors (Lipinski definition) is 3. The largest absolute Gasteiger partial charge is 0.480 e. The molecule has 0 fully saturated rings. The molecule has 1 heterocycles. The van der Waals surface area contributed by atoms with Gasteiger partial charge < -0.3 is 15.2 Å². The van der Waals surface area contributed by atoms with E-state index in [1.54, 1.807) is 0 Å². The number of rotatable bonds is 4. The molecule has 0 radical (unpaired) electrons. The van der Waals surface area contributed by atoms with Crippen molar-refractivity contribution in [3.05, 3.63) is 40.1 Å². The second-order valence-corrected chi connectivity index (χ2v) is 3.84. The van der Waals surface area contributed by atoms with E-state index in [4.69, 9.17) is 10.2 Å². The Balaban J connectivity index is 2.66. The molecule has 1 aromatic heterocycles. The summed E-state index contributed by atoms with van der Waals surface area (Å²) in [5.41, 5.74) is 0.190. The van der Waals surface area contributed by atoms with Gasteiger partial charge in [-0.25, -0.2) is 0 Å². The van der Waals surface area contributed by atoms with Crippen molar-refractivity contribution in [2.75, 3.05) is 0 Å². The Morgan fingerprint density at radius 2 is 1.89 bits per heavy atom. The van der Waals surface area contributed by atoms with Gasteiger partial charge in [-0.3, -0.25) is 19.7 Å². The molecular formula is C11H8N2O6. The fourth-order valence-electron chi connectivity index (χ4n) is 1.85. The third-order valence-electron chi connectivity index (χ3n) is 2.71. The maximum atomic E-state index is 11.0. The van der Waals surface area contributed by atoms with Crippen LogP contribution in [0.5, 0.6) is 0 Å². The summed E-state index contributed by atoms with van der Waals surface area (Å²) in [6.07, 6.45) is 1.24. The monoisotopic (exact) mass is 264 g/mol. The molecule has 0 spiro atoms. The van der Waals surface area contributed by atoms with Crippen molar-refractivity contribution in [2.24, 2.45) is 0 Å². The van der Waals surface area contributed by atoms with E-state index in [0.29, 0.717) is 5.52 Å². The molecule has 0 aliphatic carbocycles. The van der Waals surface area contributed by atoms with Crippen LogP contribution >= 0.6 is 0 Å². The van der Waals surface area contributed by atoms with E-state index in [2.05, 4.69) is 4.98 Å². The van der Waals surface area contributed by atoms with Crippen LogP contribution in [0.15, 0.2) is 24.4 Å². The summed E-state index contributed by atoms with van der Waals surface area (Å²) in [5.74, 6) is -4.82. The standard InChI is InChI=1S/C11H8N2O6/c14-10(15)9(11(16)17)7-4-12-8-2-1-5(13(18)19)3-6(7)8/h1-4,9,12H,(H,14,15)(H,16,17). The normalized spacial score (nSPS) is 10.8. The van der Waals surface area contributed by atoms with Gasteiger partial charge in [0.15, 0.2) is 5.92 Å². The minimum Gasteiger partial charge on any atom is -0.480 e. The summed E-state index contributed by atoms with van der Waals surface area (Å²) in [6.45, 7) is 0. The third kappa shape index (κ3) is 2.10. The van der Waals surface area contributed by atoms with E-state index >= 15 is 0 Å². The molecular weight excluding hydrogens is 256 g/mol. The highest BCUT2D eigenvalue weighted by molar-refractivity contribution is 6.03. The maximum absolute atomic E-state index is 11.0. The first-order chi connectivity index (χ1) is 8.91. The van der Waals surface area contributed by atoms with Crippen LogP contribution in [-0.2, 0) is 9.59 Å². The number of nitro groups is 1. The summed E-state index contributed by atoms with van der Waals surface area (Å²) in [5, 5.41) is 28.7. The molecule has 2 rings (SSSR count). The predicted octanol–water partition coefficient (Wildman–Crippen LogP) is 1.33. The van der Waals surface area contributed by atoms with Gasteiger partial charge in [-0.05, 0) is 6.07 Å². The molecule has 0 aliphatic heterocycles. The number of H-pyrrole nitrogens is 1. The van der Waals surface area contributed by atoms with Crippen LogP contribution in [0.25, 0.3) is 10.9 Å². The van der Waals surface area contributed by atoms with Crippen LogP contribution in [-0.4, -0.2) is 32.1 Å². The zero-order valence-corrected chi connectivity index (χ0v) is 9.36. The molecule has 0 unspecified atom stereocenters. The molecule has 0 atom stereocenters. The summed E-state index contributed by atoms with van der Waals surface area (Å²) >= 11 is 0. The summed E-state index contributed by atoms with van der Waals surface area (Å²) in [7, 11) is 0. The smallest absolute Gasteiger partial charge is 0.322 e. The van der Waals surface area contributed by atoms with Crippen molar-refractivity contribution in [1.29, 1.82) is 0 Å².